The van der Waals surface area contributed by atoms with Gasteiger partial charge in [0.1, 0.15) is 28.0 Å². The molecule has 1 fully saturated rings. The third-order valence-corrected chi connectivity index (χ3v) is 10.8. The van der Waals surface area contributed by atoms with E-state index in [0.29, 0.717) is 48.8 Å². The van der Waals surface area contributed by atoms with Crippen LogP contribution in [0.4, 0.5) is 11.5 Å². The van der Waals surface area contributed by atoms with E-state index < -0.39 is 21.5 Å². The molecule has 1 unspecified atom stereocenters. The molecule has 2 aliphatic rings. The maximum atomic E-state index is 15.0. The normalized spacial score (nSPS) is 17.6. The second kappa shape index (κ2) is 13.9. The molecule has 12 nitrogen and oxygen atoms in total. The number of nitrogens with one attached hydrogen (secondary N) is 1. The monoisotopic (exact) mass is 705 g/mol. The van der Waals surface area contributed by atoms with Gasteiger partial charge in [-0.25, -0.2) is 17.7 Å². The van der Waals surface area contributed by atoms with E-state index in [-0.39, 0.29) is 40.2 Å². The van der Waals surface area contributed by atoms with Crippen molar-refractivity contribution in [1.29, 1.82) is 0 Å². The van der Waals surface area contributed by atoms with Crippen molar-refractivity contribution in [3.8, 4) is 17.2 Å². The quantitative estimate of drug-likeness (QED) is 0.244. The molecule has 1 saturated heterocycles. The average molecular weight is 706 g/mol. The van der Waals surface area contributed by atoms with Gasteiger partial charge in [0.05, 0.1) is 27.0 Å². The fourth-order valence-corrected chi connectivity index (χ4v) is 8.19. The number of methoxy groups -OCH3 is 3. The van der Waals surface area contributed by atoms with Gasteiger partial charge >= 0.3 is 0 Å². The summed E-state index contributed by atoms with van der Waals surface area (Å²) in [6.07, 6.45) is 1.79. The summed E-state index contributed by atoms with van der Waals surface area (Å²) < 4.78 is 46.1. The highest BCUT2D eigenvalue weighted by Gasteiger charge is 2.57. The summed E-state index contributed by atoms with van der Waals surface area (Å²) in [6, 6.07) is 21.4. The highest BCUT2D eigenvalue weighted by molar-refractivity contribution is 7.93. The number of sulfonamides is 1. The van der Waals surface area contributed by atoms with Crippen LogP contribution in [0.1, 0.15) is 17.5 Å². The number of ether oxygens (including phenoxy) is 3. The lowest BCUT2D eigenvalue weighted by molar-refractivity contribution is -0.131. The van der Waals surface area contributed by atoms with Gasteiger partial charge in [-0.1, -0.05) is 35.9 Å². The van der Waals surface area contributed by atoms with Crippen molar-refractivity contribution >= 4 is 44.9 Å². The van der Waals surface area contributed by atoms with Crippen LogP contribution >= 0.6 is 11.6 Å². The van der Waals surface area contributed by atoms with Crippen LogP contribution in [0.25, 0.3) is 0 Å². The van der Waals surface area contributed by atoms with Crippen LogP contribution in [0.2, 0.25) is 5.02 Å². The summed E-state index contributed by atoms with van der Waals surface area (Å²) in [4.78, 5) is 36.5. The molecule has 3 aromatic carbocycles. The van der Waals surface area contributed by atoms with E-state index in [4.69, 9.17) is 25.8 Å². The molecule has 0 saturated carbocycles. The molecule has 256 valence electrons. The second-order valence-electron chi connectivity index (χ2n) is 11.4. The maximum Gasteiger partial charge on any atom is 0.274 e. The van der Waals surface area contributed by atoms with Crippen molar-refractivity contribution in [2.75, 3.05) is 63.3 Å². The average Bonchev–Trinajstić information content (AvgIpc) is 3.39. The first-order chi connectivity index (χ1) is 23.6. The van der Waals surface area contributed by atoms with Crippen LogP contribution in [0, 0.1) is 0 Å². The number of fused-ring (bicyclic) bond motifs is 1. The van der Waals surface area contributed by atoms with Crippen molar-refractivity contribution in [2.24, 2.45) is 0 Å². The Morgan fingerprint density at radius 1 is 0.878 bits per heavy atom. The van der Waals surface area contributed by atoms with Crippen molar-refractivity contribution < 1.29 is 32.2 Å². The lowest BCUT2D eigenvalue weighted by Crippen LogP contribution is -2.54. The summed E-state index contributed by atoms with van der Waals surface area (Å²) in [5.74, 6) is 0.658. The van der Waals surface area contributed by atoms with Gasteiger partial charge in [0, 0.05) is 67.6 Å². The van der Waals surface area contributed by atoms with Crippen LogP contribution in [-0.2, 0) is 25.2 Å². The lowest BCUT2D eigenvalue weighted by atomic mass is 9.83. The molecule has 1 aromatic heterocycles. The third kappa shape index (κ3) is 6.13. The number of nitrogens with zero attached hydrogens (tertiary/aromatic N) is 4. The number of carbonyl (C=O) groups excluding carboxylic acids is 2. The van der Waals surface area contributed by atoms with E-state index in [1.54, 1.807) is 41.4 Å². The van der Waals surface area contributed by atoms with Gasteiger partial charge in [-0.2, -0.15) is 0 Å². The van der Waals surface area contributed by atoms with Gasteiger partial charge < -0.3 is 24.0 Å². The SMILES string of the molecule is COc1ccc(S(=O)(=O)N2C(=O)C(NCCC(=O)N3CCN(c4ccccn4)CC3)(c3ccccc3OC)c3cc(Cl)ccc32)c(OC)c1. The van der Waals surface area contributed by atoms with Crippen LogP contribution < -0.4 is 28.7 Å². The van der Waals surface area contributed by atoms with Crippen molar-refractivity contribution in [2.45, 2.75) is 16.9 Å². The molecule has 1 N–H and O–H groups in total. The van der Waals surface area contributed by atoms with Gasteiger partial charge in [-0.15, -0.1) is 0 Å². The standard InChI is InChI=1S/C35H36ClN5O7S/c1-46-25-12-14-31(30(23-25)48-3)49(44,45)41-28-13-11-24(36)22-27(28)35(34(41)43,26-8-4-5-9-29(26)47-2)38-17-15-33(42)40-20-18-39(19-21-40)32-10-6-7-16-37-32/h4-14,16,22-23,38H,15,17-21H2,1-3H3. The zero-order chi connectivity index (χ0) is 34.8. The molecule has 4 aromatic rings. The summed E-state index contributed by atoms with van der Waals surface area (Å²) in [5, 5.41) is 3.60. The second-order valence-corrected chi connectivity index (χ2v) is 13.6. The molecule has 49 heavy (non-hydrogen) atoms. The maximum absolute atomic E-state index is 15.0. The number of carbonyl (C=O) groups is 2. The number of benzene rings is 3. The Morgan fingerprint density at radius 2 is 1.61 bits per heavy atom. The number of aromatic nitrogens is 1. The van der Waals surface area contributed by atoms with Crippen LogP contribution in [-0.4, -0.2) is 84.2 Å². The Morgan fingerprint density at radius 3 is 2.31 bits per heavy atom. The third-order valence-electron chi connectivity index (χ3n) is 8.82. The molecule has 6 rings (SSSR count). The smallest absolute Gasteiger partial charge is 0.274 e. The van der Waals surface area contributed by atoms with Crippen LogP contribution in [0.3, 0.4) is 0 Å². The summed E-state index contributed by atoms with van der Waals surface area (Å²) in [6.45, 7) is 2.33. The molecule has 0 radical (unpaired) electrons. The van der Waals surface area contributed by atoms with Crippen molar-refractivity contribution in [3.63, 3.8) is 0 Å². The first-order valence-electron chi connectivity index (χ1n) is 15.6. The number of hydrogen-bond donors (Lipinski definition) is 1. The Bertz CT molecular complexity index is 1970. The topological polar surface area (TPSA) is 131 Å². The summed E-state index contributed by atoms with van der Waals surface area (Å²) in [5.41, 5.74) is -1.04. The number of piperazine rings is 1. The Kier molecular flexibility index (Phi) is 9.68. The molecule has 0 aliphatic carbocycles. The minimum absolute atomic E-state index is 0.000784. The van der Waals surface area contributed by atoms with E-state index in [1.807, 2.05) is 18.2 Å². The van der Waals surface area contributed by atoms with Crippen LogP contribution in [0.15, 0.2) is 90.0 Å². The van der Waals surface area contributed by atoms with E-state index in [9.17, 15) is 18.0 Å². The summed E-state index contributed by atoms with van der Waals surface area (Å²) >= 11 is 6.52. The number of rotatable bonds is 11. The minimum atomic E-state index is -4.57. The number of pyridine rings is 1. The number of hydrogen-bond acceptors (Lipinski definition) is 10. The van der Waals surface area contributed by atoms with Gasteiger partial charge in [-0.3, -0.25) is 14.9 Å². The molecule has 0 spiro atoms. The van der Waals surface area contributed by atoms with Gasteiger partial charge in [0.15, 0.2) is 5.54 Å². The highest BCUT2D eigenvalue weighted by Crippen LogP contribution is 2.50. The minimum Gasteiger partial charge on any atom is -0.497 e. The van der Waals surface area contributed by atoms with Crippen molar-refractivity contribution in [1.82, 2.24) is 15.2 Å². The molecule has 1 atom stereocenters. The summed E-state index contributed by atoms with van der Waals surface area (Å²) in [7, 11) is -0.317. The van der Waals surface area contributed by atoms with Crippen molar-refractivity contribution in [3.05, 3.63) is 101 Å². The molecule has 2 amide bonds. The highest BCUT2D eigenvalue weighted by atomic mass is 35.5. The molecule has 14 heteroatoms. The Labute approximate surface area is 290 Å². The Balaban J connectivity index is 1.35. The van der Waals surface area contributed by atoms with Gasteiger partial charge in [-0.05, 0) is 48.5 Å². The number of para-hydroxylation sites is 1. The number of anilines is 2. The van der Waals surface area contributed by atoms with Gasteiger partial charge in [0.25, 0.3) is 15.9 Å². The van der Waals surface area contributed by atoms with E-state index in [2.05, 4.69) is 15.2 Å². The molecular formula is C35H36ClN5O7S. The van der Waals surface area contributed by atoms with E-state index in [1.165, 1.54) is 51.7 Å². The van der Waals surface area contributed by atoms with E-state index >= 15 is 0 Å². The first-order valence-corrected chi connectivity index (χ1v) is 17.4. The lowest BCUT2D eigenvalue weighted by Gasteiger charge is -2.36. The van der Waals surface area contributed by atoms with Gasteiger partial charge in [0.2, 0.25) is 5.91 Å². The first kappa shape index (κ1) is 34.0. The predicted octanol–water partition coefficient (Wildman–Crippen LogP) is 4.07. The fraction of sp³-hybridized carbons (Fsp3) is 0.286. The molecule has 3 heterocycles. The predicted molar refractivity (Wildman–Crippen MR) is 185 cm³/mol. The molecule has 0 bridgehead atoms. The number of halogens is 1. The fourth-order valence-electron chi connectivity index (χ4n) is 6.41. The zero-order valence-corrected chi connectivity index (χ0v) is 28.8. The van der Waals surface area contributed by atoms with Crippen LogP contribution in [0.5, 0.6) is 17.2 Å². The molecular weight excluding hydrogens is 670 g/mol. The largest absolute Gasteiger partial charge is 0.497 e. The Hall–Kier alpha value is -4.85. The zero-order valence-electron chi connectivity index (χ0n) is 27.3. The van der Waals surface area contributed by atoms with E-state index in [0.717, 1.165) is 10.1 Å². The number of amides is 2. The molecule has 2 aliphatic heterocycles.